The first-order valence-electron chi connectivity index (χ1n) is 7.19. The van der Waals surface area contributed by atoms with Crippen molar-refractivity contribution in [2.75, 3.05) is 13.1 Å². The molecule has 1 N–H and O–H groups in total. The minimum Gasteiger partial charge on any atom is -0.334 e. The lowest BCUT2D eigenvalue weighted by atomic mass is 10.1. The van der Waals surface area contributed by atoms with Gasteiger partial charge < -0.3 is 10.2 Å². The van der Waals surface area contributed by atoms with E-state index >= 15 is 0 Å². The third-order valence-electron chi connectivity index (χ3n) is 4.05. The standard InChI is InChI=1S/C17H20N2O.ClH/c1-13(20)19(17-8-9-18-11-17)12-14-6-7-15-4-2-3-5-16(15)10-14;/h2-7,10,17-18H,8-9,11-12H2,1H3;1H/t17-;/m0./s1. The first-order chi connectivity index (χ1) is 9.74. The predicted molar refractivity (Wildman–Crippen MR) is 88.7 cm³/mol. The van der Waals surface area contributed by atoms with E-state index in [0.717, 1.165) is 19.5 Å². The van der Waals surface area contributed by atoms with E-state index in [4.69, 9.17) is 0 Å². The van der Waals surface area contributed by atoms with Gasteiger partial charge in [-0.1, -0.05) is 36.4 Å². The number of carbonyl (C=O) groups is 1. The lowest BCUT2D eigenvalue weighted by molar-refractivity contribution is -0.131. The van der Waals surface area contributed by atoms with Crippen LogP contribution in [0.3, 0.4) is 0 Å². The second-order valence-electron chi connectivity index (χ2n) is 5.48. The average Bonchev–Trinajstić information content (AvgIpc) is 2.98. The summed E-state index contributed by atoms with van der Waals surface area (Å²) in [5, 5.41) is 5.81. The van der Waals surface area contributed by atoms with E-state index in [2.05, 4.69) is 41.7 Å². The Labute approximate surface area is 131 Å². The van der Waals surface area contributed by atoms with Crippen LogP contribution in [0.4, 0.5) is 0 Å². The minimum atomic E-state index is 0. The number of hydrogen-bond donors (Lipinski definition) is 1. The average molecular weight is 305 g/mol. The fourth-order valence-corrected chi connectivity index (χ4v) is 2.94. The molecule has 0 aromatic heterocycles. The van der Waals surface area contributed by atoms with Gasteiger partial charge in [0, 0.05) is 26.1 Å². The summed E-state index contributed by atoms with van der Waals surface area (Å²) in [6.45, 7) is 4.28. The number of halogens is 1. The highest BCUT2D eigenvalue weighted by Gasteiger charge is 2.24. The summed E-state index contributed by atoms with van der Waals surface area (Å²) < 4.78 is 0. The van der Waals surface area contributed by atoms with Crippen LogP contribution < -0.4 is 5.32 Å². The van der Waals surface area contributed by atoms with Crippen LogP contribution in [0, 0.1) is 0 Å². The van der Waals surface area contributed by atoms with Gasteiger partial charge in [0.25, 0.3) is 0 Å². The van der Waals surface area contributed by atoms with Gasteiger partial charge in [0.05, 0.1) is 0 Å². The lowest BCUT2D eigenvalue weighted by Crippen LogP contribution is -2.39. The van der Waals surface area contributed by atoms with Crippen LogP contribution in [-0.4, -0.2) is 29.9 Å². The van der Waals surface area contributed by atoms with E-state index in [-0.39, 0.29) is 18.3 Å². The monoisotopic (exact) mass is 304 g/mol. The molecule has 1 atom stereocenters. The van der Waals surface area contributed by atoms with Crippen LogP contribution in [0.2, 0.25) is 0 Å². The van der Waals surface area contributed by atoms with Crippen molar-refractivity contribution in [1.82, 2.24) is 10.2 Å². The Morgan fingerprint density at radius 1 is 1.24 bits per heavy atom. The molecule has 21 heavy (non-hydrogen) atoms. The molecular weight excluding hydrogens is 284 g/mol. The molecule has 112 valence electrons. The van der Waals surface area contributed by atoms with Crippen LogP contribution in [0.5, 0.6) is 0 Å². The van der Waals surface area contributed by atoms with E-state index in [1.807, 2.05) is 11.0 Å². The minimum absolute atomic E-state index is 0. The van der Waals surface area contributed by atoms with Crippen molar-refractivity contribution in [2.24, 2.45) is 0 Å². The highest BCUT2D eigenvalue weighted by molar-refractivity contribution is 5.85. The molecule has 1 saturated heterocycles. The van der Waals surface area contributed by atoms with Gasteiger partial charge in [-0.2, -0.15) is 0 Å². The number of rotatable bonds is 3. The van der Waals surface area contributed by atoms with Gasteiger partial charge in [-0.3, -0.25) is 4.79 Å². The molecule has 3 nitrogen and oxygen atoms in total. The van der Waals surface area contributed by atoms with Gasteiger partial charge in [-0.15, -0.1) is 12.4 Å². The van der Waals surface area contributed by atoms with Gasteiger partial charge in [-0.25, -0.2) is 0 Å². The van der Waals surface area contributed by atoms with Crippen molar-refractivity contribution in [2.45, 2.75) is 25.9 Å². The summed E-state index contributed by atoms with van der Waals surface area (Å²) in [7, 11) is 0. The smallest absolute Gasteiger partial charge is 0.220 e. The molecule has 1 aliphatic heterocycles. The zero-order valence-electron chi connectivity index (χ0n) is 12.2. The molecule has 1 amide bonds. The molecule has 1 aliphatic rings. The Hall–Kier alpha value is -1.58. The Morgan fingerprint density at radius 2 is 2.00 bits per heavy atom. The number of hydrogen-bond acceptors (Lipinski definition) is 2. The first kappa shape index (κ1) is 15.8. The van der Waals surface area contributed by atoms with Gasteiger partial charge in [0.15, 0.2) is 0 Å². The van der Waals surface area contributed by atoms with Crippen molar-refractivity contribution < 1.29 is 4.79 Å². The van der Waals surface area contributed by atoms with Crippen LogP contribution in [-0.2, 0) is 11.3 Å². The summed E-state index contributed by atoms with van der Waals surface area (Å²) in [4.78, 5) is 13.9. The highest BCUT2D eigenvalue weighted by atomic mass is 35.5. The van der Waals surface area contributed by atoms with Crippen molar-refractivity contribution >= 4 is 29.1 Å². The number of amides is 1. The number of nitrogens with zero attached hydrogens (tertiary/aromatic N) is 1. The van der Waals surface area contributed by atoms with Gasteiger partial charge in [0.1, 0.15) is 0 Å². The Morgan fingerprint density at radius 3 is 2.67 bits per heavy atom. The third-order valence-corrected chi connectivity index (χ3v) is 4.05. The maximum Gasteiger partial charge on any atom is 0.220 e. The SMILES string of the molecule is CC(=O)N(Cc1ccc2ccccc2c1)[C@H]1CCNC1.Cl. The zero-order valence-corrected chi connectivity index (χ0v) is 13.0. The first-order valence-corrected chi connectivity index (χ1v) is 7.19. The van der Waals surface area contributed by atoms with Crippen molar-refractivity contribution in [1.29, 1.82) is 0 Å². The summed E-state index contributed by atoms with van der Waals surface area (Å²) >= 11 is 0. The number of fused-ring (bicyclic) bond motifs is 1. The van der Waals surface area contributed by atoms with E-state index in [1.54, 1.807) is 6.92 Å². The van der Waals surface area contributed by atoms with Gasteiger partial charge in [0.2, 0.25) is 5.91 Å². The second-order valence-corrected chi connectivity index (χ2v) is 5.48. The maximum absolute atomic E-state index is 11.9. The summed E-state index contributed by atoms with van der Waals surface area (Å²) in [6.07, 6.45) is 1.05. The Balaban J connectivity index is 0.00000161. The fourth-order valence-electron chi connectivity index (χ4n) is 2.94. The van der Waals surface area contributed by atoms with Crippen LogP contribution in [0.1, 0.15) is 18.9 Å². The Kier molecular flexibility index (Phi) is 5.21. The Bertz CT molecular complexity index is 623. The van der Waals surface area contributed by atoms with Crippen LogP contribution in [0.25, 0.3) is 10.8 Å². The van der Waals surface area contributed by atoms with Gasteiger partial charge >= 0.3 is 0 Å². The molecule has 0 bridgehead atoms. The topological polar surface area (TPSA) is 32.3 Å². The summed E-state index contributed by atoms with van der Waals surface area (Å²) in [5.74, 6) is 0.159. The molecule has 0 saturated carbocycles. The quantitative estimate of drug-likeness (QED) is 0.945. The van der Waals surface area contributed by atoms with Crippen LogP contribution in [0.15, 0.2) is 42.5 Å². The predicted octanol–water partition coefficient (Wildman–Crippen LogP) is 2.97. The van der Waals surface area contributed by atoms with E-state index in [1.165, 1.54) is 16.3 Å². The summed E-state index contributed by atoms with van der Waals surface area (Å²) in [6, 6.07) is 15.1. The van der Waals surface area contributed by atoms with Crippen molar-refractivity contribution in [3.8, 4) is 0 Å². The molecule has 1 heterocycles. The lowest BCUT2D eigenvalue weighted by Gasteiger charge is -2.27. The number of nitrogens with one attached hydrogen (secondary N) is 1. The summed E-state index contributed by atoms with van der Waals surface area (Å²) in [5.41, 5.74) is 1.20. The zero-order chi connectivity index (χ0) is 13.9. The van der Waals surface area contributed by atoms with Crippen LogP contribution >= 0.6 is 12.4 Å². The number of carbonyl (C=O) groups excluding carboxylic acids is 1. The largest absolute Gasteiger partial charge is 0.334 e. The highest BCUT2D eigenvalue weighted by Crippen LogP contribution is 2.19. The molecule has 2 aromatic carbocycles. The van der Waals surface area contributed by atoms with Gasteiger partial charge in [-0.05, 0) is 35.4 Å². The molecule has 2 aromatic rings. The molecular formula is C17H21ClN2O. The fraction of sp³-hybridized carbons (Fsp3) is 0.353. The second kappa shape index (κ2) is 6.92. The van der Waals surface area contributed by atoms with Crippen molar-refractivity contribution in [3.63, 3.8) is 0 Å². The van der Waals surface area contributed by atoms with E-state index in [0.29, 0.717) is 12.6 Å². The normalized spacial score (nSPS) is 17.5. The van der Waals surface area contributed by atoms with E-state index in [9.17, 15) is 4.79 Å². The number of benzene rings is 2. The van der Waals surface area contributed by atoms with E-state index < -0.39 is 0 Å². The molecule has 3 rings (SSSR count). The molecule has 0 aliphatic carbocycles. The molecule has 1 fully saturated rings. The molecule has 4 heteroatoms. The van der Waals surface area contributed by atoms with Crippen molar-refractivity contribution in [3.05, 3.63) is 48.0 Å². The molecule has 0 unspecified atom stereocenters. The molecule has 0 spiro atoms. The third kappa shape index (κ3) is 3.55. The maximum atomic E-state index is 11.9. The molecule has 0 radical (unpaired) electrons.